The minimum atomic E-state index is -3.91. The maximum atomic E-state index is 13.4. The van der Waals surface area contributed by atoms with Gasteiger partial charge >= 0.3 is 6.03 Å². The van der Waals surface area contributed by atoms with E-state index in [1.54, 1.807) is 49.2 Å². The number of sulfonamides is 1. The van der Waals surface area contributed by atoms with E-state index in [-0.39, 0.29) is 54.1 Å². The molecule has 0 saturated carbocycles. The molecule has 0 radical (unpaired) electrons. The van der Waals surface area contributed by atoms with E-state index in [2.05, 4.69) is 10.0 Å². The second kappa shape index (κ2) is 13.2. The third-order valence-electron chi connectivity index (χ3n) is 6.75. The maximum absolute atomic E-state index is 13.4. The molecule has 0 spiro atoms. The van der Waals surface area contributed by atoms with Crippen LogP contribution in [0.5, 0.6) is 11.5 Å². The molecule has 0 unspecified atom stereocenters. The van der Waals surface area contributed by atoms with Crippen molar-refractivity contribution in [1.82, 2.24) is 15.1 Å². The Hall–Kier alpha value is -3.51. The lowest BCUT2D eigenvalue weighted by Crippen LogP contribution is -2.49. The van der Waals surface area contributed by atoms with Crippen molar-refractivity contribution in [2.24, 2.45) is 5.92 Å². The standard InChI is InChI=1S/C28H40N4O7S/c1-18(2)29-28(35)31(5)16-26-19(3)15-32(20(4)17-33)27(34)14-21-13-22(7-12-25(21)39-26)30-40(36,37)24-10-8-23(38-6)9-11-24/h7-13,18-20,26,30,33H,14-17H2,1-6H3,(H,29,35)/t19-,20+,26+/m1/s1. The number of hydrogen-bond donors (Lipinski definition) is 3. The minimum absolute atomic E-state index is 0.0341. The van der Waals surface area contributed by atoms with Crippen molar-refractivity contribution in [1.29, 1.82) is 0 Å². The van der Waals surface area contributed by atoms with Crippen molar-refractivity contribution in [3.8, 4) is 11.5 Å². The van der Waals surface area contributed by atoms with Crippen LogP contribution >= 0.6 is 0 Å². The number of anilines is 1. The molecule has 220 valence electrons. The van der Waals surface area contributed by atoms with Gasteiger partial charge in [-0.25, -0.2) is 13.2 Å². The van der Waals surface area contributed by atoms with E-state index in [0.29, 0.717) is 23.6 Å². The number of likely N-dealkylation sites (N-methyl/N-ethyl adjacent to an activating group) is 1. The number of amides is 3. The lowest BCUT2D eigenvalue weighted by atomic mass is 10.0. The number of carbonyl (C=O) groups is 2. The summed E-state index contributed by atoms with van der Waals surface area (Å²) in [5, 5.41) is 12.7. The summed E-state index contributed by atoms with van der Waals surface area (Å²) in [6.07, 6.45) is -0.538. The van der Waals surface area contributed by atoms with Gasteiger partial charge in [0.2, 0.25) is 5.91 Å². The molecule has 2 aromatic rings. The molecule has 0 aromatic heterocycles. The van der Waals surface area contributed by atoms with Crippen molar-refractivity contribution in [2.45, 2.75) is 57.2 Å². The molecule has 1 aliphatic heterocycles. The molecule has 0 saturated heterocycles. The first-order valence-corrected chi connectivity index (χ1v) is 14.7. The summed E-state index contributed by atoms with van der Waals surface area (Å²) in [5.41, 5.74) is 0.758. The fourth-order valence-corrected chi connectivity index (χ4v) is 5.44. The van der Waals surface area contributed by atoms with Gasteiger partial charge in [-0.15, -0.1) is 0 Å². The maximum Gasteiger partial charge on any atom is 0.317 e. The van der Waals surface area contributed by atoms with Crippen LogP contribution in [0.4, 0.5) is 10.5 Å². The zero-order chi connectivity index (χ0) is 29.6. The summed E-state index contributed by atoms with van der Waals surface area (Å²) < 4.78 is 40.1. The van der Waals surface area contributed by atoms with Crippen molar-refractivity contribution in [2.75, 3.05) is 38.6 Å². The van der Waals surface area contributed by atoms with Crippen LogP contribution in [0, 0.1) is 5.92 Å². The molecular formula is C28H40N4O7S. The van der Waals surface area contributed by atoms with Gasteiger partial charge in [0.05, 0.1) is 37.6 Å². The second-order valence-corrected chi connectivity index (χ2v) is 12.2. The average Bonchev–Trinajstić information content (AvgIpc) is 2.95. The Morgan fingerprint density at radius 2 is 1.88 bits per heavy atom. The van der Waals surface area contributed by atoms with Crippen LogP contribution < -0.4 is 19.5 Å². The molecule has 11 nitrogen and oxygen atoms in total. The monoisotopic (exact) mass is 576 g/mol. The number of nitrogens with one attached hydrogen (secondary N) is 2. The Kier molecular flexibility index (Phi) is 10.3. The lowest BCUT2D eigenvalue weighted by molar-refractivity contribution is -0.134. The van der Waals surface area contributed by atoms with E-state index in [0.717, 1.165) is 0 Å². The Morgan fingerprint density at radius 3 is 2.48 bits per heavy atom. The molecule has 3 rings (SSSR count). The summed E-state index contributed by atoms with van der Waals surface area (Å²) in [4.78, 5) is 29.2. The number of rotatable bonds is 9. The third kappa shape index (κ3) is 7.79. The van der Waals surface area contributed by atoms with Crippen LogP contribution in [-0.2, 0) is 21.2 Å². The highest BCUT2D eigenvalue weighted by Gasteiger charge is 2.32. The lowest BCUT2D eigenvalue weighted by Gasteiger charge is -2.34. The van der Waals surface area contributed by atoms with E-state index in [9.17, 15) is 23.1 Å². The van der Waals surface area contributed by atoms with Gasteiger partial charge < -0.3 is 29.7 Å². The topological polar surface area (TPSA) is 138 Å². The quantitative estimate of drug-likeness (QED) is 0.417. The number of nitrogens with zero attached hydrogens (tertiary/aromatic N) is 2. The Labute approximate surface area is 236 Å². The van der Waals surface area contributed by atoms with E-state index in [4.69, 9.17) is 9.47 Å². The van der Waals surface area contributed by atoms with Crippen molar-refractivity contribution in [3.63, 3.8) is 0 Å². The molecule has 3 N–H and O–H groups in total. The fraction of sp³-hybridized carbons (Fsp3) is 0.500. The molecule has 0 fully saturated rings. The summed E-state index contributed by atoms with van der Waals surface area (Å²) in [7, 11) is -0.735. The number of fused-ring (bicyclic) bond motifs is 1. The first-order chi connectivity index (χ1) is 18.8. The third-order valence-corrected chi connectivity index (χ3v) is 8.15. The number of ether oxygens (including phenoxy) is 2. The summed E-state index contributed by atoms with van der Waals surface area (Å²) in [6, 6.07) is 10.1. The molecule has 40 heavy (non-hydrogen) atoms. The minimum Gasteiger partial charge on any atom is -0.497 e. The molecule has 0 aliphatic carbocycles. The van der Waals surface area contributed by atoms with Crippen LogP contribution in [0.3, 0.4) is 0 Å². The number of benzene rings is 2. The highest BCUT2D eigenvalue weighted by atomic mass is 32.2. The number of aliphatic hydroxyl groups excluding tert-OH is 1. The first-order valence-electron chi connectivity index (χ1n) is 13.2. The zero-order valence-corrected chi connectivity index (χ0v) is 24.7. The van der Waals surface area contributed by atoms with Crippen molar-refractivity contribution in [3.05, 3.63) is 48.0 Å². The molecule has 0 bridgehead atoms. The molecule has 3 amide bonds. The number of methoxy groups -OCH3 is 1. The highest BCUT2D eigenvalue weighted by Crippen LogP contribution is 2.30. The molecular weight excluding hydrogens is 536 g/mol. The first kappa shape index (κ1) is 31.0. The summed E-state index contributed by atoms with van der Waals surface area (Å²) >= 11 is 0. The van der Waals surface area contributed by atoms with Crippen LogP contribution in [0.2, 0.25) is 0 Å². The molecule has 3 atom stereocenters. The predicted octanol–water partition coefficient (Wildman–Crippen LogP) is 2.69. The largest absolute Gasteiger partial charge is 0.497 e. The smallest absolute Gasteiger partial charge is 0.317 e. The van der Waals surface area contributed by atoms with Gasteiger partial charge in [0.25, 0.3) is 10.0 Å². The van der Waals surface area contributed by atoms with E-state index in [1.165, 1.54) is 24.1 Å². The highest BCUT2D eigenvalue weighted by molar-refractivity contribution is 7.92. The number of carbonyl (C=O) groups excluding carboxylic acids is 2. The van der Waals surface area contributed by atoms with Crippen molar-refractivity contribution >= 4 is 27.6 Å². The summed E-state index contributed by atoms with van der Waals surface area (Å²) in [5.74, 6) is 0.546. The van der Waals surface area contributed by atoms with Gasteiger partial charge in [-0.2, -0.15) is 0 Å². The number of aliphatic hydroxyl groups is 1. The van der Waals surface area contributed by atoms with Crippen LogP contribution in [-0.4, -0.2) is 87.3 Å². The molecule has 12 heteroatoms. The van der Waals surface area contributed by atoms with Gasteiger partial charge in [0.15, 0.2) is 0 Å². The average molecular weight is 577 g/mol. The van der Waals surface area contributed by atoms with Gasteiger partial charge in [0, 0.05) is 36.8 Å². The SMILES string of the molecule is COc1ccc(S(=O)(=O)Nc2ccc3c(c2)CC(=O)N([C@@H](C)CO)C[C@@H](C)[C@H](CN(C)C(=O)NC(C)C)O3)cc1. The van der Waals surface area contributed by atoms with E-state index in [1.807, 2.05) is 20.8 Å². The second-order valence-electron chi connectivity index (χ2n) is 10.5. The van der Waals surface area contributed by atoms with Gasteiger partial charge in [-0.05, 0) is 63.2 Å². The van der Waals surface area contributed by atoms with Gasteiger partial charge in [-0.3, -0.25) is 9.52 Å². The summed E-state index contributed by atoms with van der Waals surface area (Å²) in [6.45, 7) is 7.81. The zero-order valence-electron chi connectivity index (χ0n) is 23.9. The van der Waals surface area contributed by atoms with Crippen LogP contribution in [0.1, 0.15) is 33.3 Å². The Balaban J connectivity index is 1.94. The Morgan fingerprint density at radius 1 is 1.20 bits per heavy atom. The fourth-order valence-electron chi connectivity index (χ4n) is 4.39. The predicted molar refractivity (Wildman–Crippen MR) is 152 cm³/mol. The van der Waals surface area contributed by atoms with E-state index < -0.39 is 22.2 Å². The number of urea groups is 1. The Bertz CT molecular complexity index is 1280. The van der Waals surface area contributed by atoms with Crippen molar-refractivity contribution < 1.29 is 32.6 Å². The van der Waals surface area contributed by atoms with Crippen LogP contribution in [0.25, 0.3) is 0 Å². The normalized spacial score (nSPS) is 18.5. The molecule has 1 aliphatic rings. The van der Waals surface area contributed by atoms with E-state index >= 15 is 0 Å². The van der Waals surface area contributed by atoms with Gasteiger partial charge in [0.1, 0.15) is 17.6 Å². The number of hydrogen-bond acceptors (Lipinski definition) is 7. The van der Waals surface area contributed by atoms with Gasteiger partial charge in [-0.1, -0.05) is 6.92 Å². The van der Waals surface area contributed by atoms with Crippen LogP contribution in [0.15, 0.2) is 47.4 Å². The molecule has 2 aromatic carbocycles. The molecule has 1 heterocycles.